The van der Waals surface area contributed by atoms with Crippen LogP contribution >= 0.6 is 0 Å². The van der Waals surface area contributed by atoms with Crippen LogP contribution < -0.4 is 5.32 Å². The van der Waals surface area contributed by atoms with Gasteiger partial charge in [-0.1, -0.05) is 48.5 Å². The van der Waals surface area contributed by atoms with Gasteiger partial charge in [0.1, 0.15) is 0 Å². The highest BCUT2D eigenvalue weighted by molar-refractivity contribution is 5.91. The molecule has 1 amide bonds. The maximum atomic E-state index is 12.8. The van der Waals surface area contributed by atoms with Crippen LogP contribution in [0.15, 0.2) is 66.7 Å². The van der Waals surface area contributed by atoms with Gasteiger partial charge >= 0.3 is 11.9 Å². The molecule has 0 aliphatic heterocycles. The molecule has 1 heterocycles. The molecule has 0 bridgehead atoms. The normalized spacial score (nSPS) is 10.4. The molecule has 0 saturated carbocycles. The molecule has 1 N–H and O–H groups in total. The summed E-state index contributed by atoms with van der Waals surface area (Å²) in [6, 6.07) is 20.3. The number of nitrogens with zero attached hydrogens (tertiary/aromatic N) is 2. The summed E-state index contributed by atoms with van der Waals surface area (Å²) in [7, 11) is 0. The van der Waals surface area contributed by atoms with Crippen LogP contribution in [0.4, 0.5) is 0 Å². The van der Waals surface area contributed by atoms with E-state index in [1.54, 1.807) is 13.0 Å². The molecule has 2 aromatic carbocycles. The molecule has 0 saturated heterocycles. The van der Waals surface area contributed by atoms with Crippen molar-refractivity contribution >= 4 is 17.8 Å². The Balaban J connectivity index is 1.63. The minimum absolute atomic E-state index is 0.213. The summed E-state index contributed by atoms with van der Waals surface area (Å²) in [5, 5.41) is 7.18. The fourth-order valence-corrected chi connectivity index (χ4v) is 2.99. The third-order valence-electron chi connectivity index (χ3n) is 4.51. The van der Waals surface area contributed by atoms with Gasteiger partial charge in [0, 0.05) is 18.5 Å². The summed E-state index contributed by atoms with van der Waals surface area (Å²) in [5.74, 6) is -1.42. The van der Waals surface area contributed by atoms with Crippen molar-refractivity contribution in [1.82, 2.24) is 15.1 Å². The molecule has 0 aliphatic carbocycles. The number of esters is 2. The average Bonchev–Trinajstić information content (AvgIpc) is 3.27. The van der Waals surface area contributed by atoms with Crippen LogP contribution in [0, 0.1) is 0 Å². The quantitative estimate of drug-likeness (QED) is 0.388. The number of hydrogen-bond acceptors (Lipinski definition) is 6. The van der Waals surface area contributed by atoms with Crippen molar-refractivity contribution in [1.29, 1.82) is 0 Å². The topological polar surface area (TPSA) is 99.5 Å². The molecule has 0 fully saturated rings. The largest absolute Gasteiger partial charge is 0.466 e. The Morgan fingerprint density at radius 3 is 2.34 bits per heavy atom. The van der Waals surface area contributed by atoms with Crippen LogP contribution in [-0.4, -0.2) is 47.4 Å². The maximum absolute atomic E-state index is 12.8. The SMILES string of the molecule is CCOC(=O)CCCNC(=O)COC(=O)c1cc(-c2ccccc2)nn1-c1ccccc1. The van der Waals surface area contributed by atoms with Crippen molar-refractivity contribution in [2.75, 3.05) is 19.8 Å². The minimum Gasteiger partial charge on any atom is -0.466 e. The van der Waals surface area contributed by atoms with Gasteiger partial charge < -0.3 is 14.8 Å². The summed E-state index contributed by atoms with van der Waals surface area (Å²) in [4.78, 5) is 36.1. The van der Waals surface area contributed by atoms with E-state index in [1.165, 1.54) is 4.68 Å². The average molecular weight is 435 g/mol. The number of carbonyl (C=O) groups is 3. The second kappa shape index (κ2) is 11.5. The van der Waals surface area contributed by atoms with E-state index in [-0.39, 0.29) is 24.6 Å². The smallest absolute Gasteiger partial charge is 0.357 e. The van der Waals surface area contributed by atoms with E-state index in [9.17, 15) is 14.4 Å². The van der Waals surface area contributed by atoms with E-state index in [1.807, 2.05) is 60.7 Å². The Kier molecular flexibility index (Phi) is 8.14. The van der Waals surface area contributed by atoms with Gasteiger partial charge in [0.2, 0.25) is 0 Å². The summed E-state index contributed by atoms with van der Waals surface area (Å²) in [5.41, 5.74) is 2.38. The Morgan fingerprint density at radius 1 is 0.969 bits per heavy atom. The number of rotatable bonds is 10. The number of carbonyl (C=O) groups excluding carboxylic acids is 3. The number of hydrogen-bond donors (Lipinski definition) is 1. The van der Waals surface area contributed by atoms with Gasteiger partial charge in [0.25, 0.3) is 5.91 Å². The number of nitrogens with one attached hydrogen (secondary N) is 1. The van der Waals surface area contributed by atoms with Crippen LogP contribution in [0.5, 0.6) is 0 Å². The van der Waals surface area contributed by atoms with Gasteiger partial charge in [-0.15, -0.1) is 0 Å². The van der Waals surface area contributed by atoms with Crippen molar-refractivity contribution in [3.05, 3.63) is 72.4 Å². The first-order valence-corrected chi connectivity index (χ1v) is 10.4. The highest BCUT2D eigenvalue weighted by Gasteiger charge is 2.20. The van der Waals surface area contributed by atoms with Gasteiger partial charge in [-0.25, -0.2) is 9.48 Å². The van der Waals surface area contributed by atoms with Gasteiger partial charge in [0.05, 0.1) is 18.0 Å². The highest BCUT2D eigenvalue weighted by atomic mass is 16.5. The Hall–Kier alpha value is -3.94. The van der Waals surface area contributed by atoms with E-state index in [4.69, 9.17) is 9.47 Å². The Morgan fingerprint density at radius 2 is 1.66 bits per heavy atom. The van der Waals surface area contributed by atoms with Gasteiger partial charge in [0.15, 0.2) is 12.3 Å². The van der Waals surface area contributed by atoms with Gasteiger partial charge in [-0.2, -0.15) is 5.10 Å². The number of ether oxygens (including phenoxy) is 2. The summed E-state index contributed by atoms with van der Waals surface area (Å²) < 4.78 is 11.5. The number of aromatic nitrogens is 2. The predicted molar refractivity (Wildman–Crippen MR) is 118 cm³/mol. The summed E-state index contributed by atoms with van der Waals surface area (Å²) in [6.07, 6.45) is 0.659. The van der Waals surface area contributed by atoms with E-state index < -0.39 is 18.5 Å². The summed E-state index contributed by atoms with van der Waals surface area (Å²) >= 11 is 0. The first-order valence-electron chi connectivity index (χ1n) is 10.4. The predicted octanol–water partition coefficient (Wildman–Crippen LogP) is 3.16. The second-order valence-corrected chi connectivity index (χ2v) is 6.86. The third kappa shape index (κ3) is 6.28. The number of benzene rings is 2. The summed E-state index contributed by atoms with van der Waals surface area (Å²) in [6.45, 7) is 1.92. The molecule has 0 atom stereocenters. The number of amides is 1. The fourth-order valence-electron chi connectivity index (χ4n) is 2.99. The number of para-hydroxylation sites is 1. The van der Waals surface area contributed by atoms with Crippen LogP contribution in [-0.2, 0) is 19.1 Å². The van der Waals surface area contributed by atoms with Crippen LogP contribution in [0.1, 0.15) is 30.3 Å². The molecule has 1 aromatic heterocycles. The molecule has 32 heavy (non-hydrogen) atoms. The Labute approximate surface area is 186 Å². The second-order valence-electron chi connectivity index (χ2n) is 6.86. The minimum atomic E-state index is -0.662. The first-order chi connectivity index (χ1) is 15.6. The van der Waals surface area contributed by atoms with Crippen molar-refractivity contribution in [2.24, 2.45) is 0 Å². The zero-order valence-electron chi connectivity index (χ0n) is 17.8. The Bertz CT molecular complexity index is 1050. The molecule has 0 aliphatic rings. The molecular formula is C24H25N3O5. The van der Waals surface area contributed by atoms with Crippen molar-refractivity contribution < 1.29 is 23.9 Å². The maximum Gasteiger partial charge on any atom is 0.357 e. The zero-order chi connectivity index (χ0) is 22.8. The van der Waals surface area contributed by atoms with Crippen molar-refractivity contribution in [3.63, 3.8) is 0 Å². The van der Waals surface area contributed by atoms with Gasteiger partial charge in [-0.05, 0) is 31.5 Å². The molecule has 8 nitrogen and oxygen atoms in total. The zero-order valence-corrected chi connectivity index (χ0v) is 17.8. The molecule has 0 radical (unpaired) electrons. The van der Waals surface area contributed by atoms with Crippen molar-refractivity contribution in [3.8, 4) is 16.9 Å². The standard InChI is InChI=1S/C24H25N3O5/c1-2-31-23(29)14-9-15-25-22(28)17-32-24(30)21-16-20(18-10-5-3-6-11-18)26-27(21)19-12-7-4-8-13-19/h3-8,10-13,16H,2,9,14-15,17H2,1H3,(H,25,28). The molecular weight excluding hydrogens is 410 g/mol. The first kappa shape index (κ1) is 22.7. The molecule has 3 aromatic rings. The molecule has 8 heteroatoms. The van der Waals surface area contributed by atoms with Crippen molar-refractivity contribution in [2.45, 2.75) is 19.8 Å². The lowest BCUT2D eigenvalue weighted by Gasteiger charge is -2.08. The van der Waals surface area contributed by atoms with Crippen LogP contribution in [0.25, 0.3) is 16.9 Å². The van der Waals surface area contributed by atoms with E-state index >= 15 is 0 Å². The molecule has 0 spiro atoms. The van der Waals surface area contributed by atoms with E-state index in [0.29, 0.717) is 24.4 Å². The lowest BCUT2D eigenvalue weighted by atomic mass is 10.1. The van der Waals surface area contributed by atoms with Crippen LogP contribution in [0.2, 0.25) is 0 Å². The lowest BCUT2D eigenvalue weighted by Crippen LogP contribution is -2.30. The monoisotopic (exact) mass is 435 g/mol. The van der Waals surface area contributed by atoms with Crippen LogP contribution in [0.3, 0.4) is 0 Å². The van der Waals surface area contributed by atoms with E-state index in [0.717, 1.165) is 5.56 Å². The third-order valence-corrected chi connectivity index (χ3v) is 4.51. The van der Waals surface area contributed by atoms with Gasteiger partial charge in [-0.3, -0.25) is 9.59 Å². The molecule has 3 rings (SSSR count). The fraction of sp³-hybridized carbons (Fsp3) is 0.250. The lowest BCUT2D eigenvalue weighted by molar-refractivity contribution is -0.143. The molecule has 0 unspecified atom stereocenters. The molecule has 166 valence electrons. The highest BCUT2D eigenvalue weighted by Crippen LogP contribution is 2.22. The van der Waals surface area contributed by atoms with E-state index in [2.05, 4.69) is 10.4 Å².